The van der Waals surface area contributed by atoms with Crippen LogP contribution in [0.1, 0.15) is 0 Å². The molecule has 0 aromatic carbocycles. The number of hydrogen-bond donors (Lipinski definition) is 2. The lowest BCUT2D eigenvalue weighted by molar-refractivity contribution is -0.474. The lowest BCUT2D eigenvalue weighted by atomic mass is 10.3. The van der Waals surface area contributed by atoms with Gasteiger partial charge in [-0.15, -0.1) is 0 Å². The second-order valence-electron chi connectivity index (χ2n) is 3.58. The molecule has 6 nitrogen and oxygen atoms in total. The number of alkyl halides is 10. The van der Waals surface area contributed by atoms with Crippen LogP contribution in [0.15, 0.2) is 0 Å². The highest BCUT2D eigenvalue weighted by molar-refractivity contribution is 7.87. The van der Waals surface area contributed by atoms with Crippen LogP contribution in [-0.2, 0) is 19.6 Å². The Bertz CT molecular complexity index is 583. The van der Waals surface area contributed by atoms with Gasteiger partial charge in [-0.25, -0.2) is 9.53 Å². The summed E-state index contributed by atoms with van der Waals surface area (Å²) in [5.41, 5.74) is 0. The van der Waals surface area contributed by atoms with Crippen LogP contribution in [0.3, 0.4) is 0 Å². The average molecular weight is 392 g/mol. The summed E-state index contributed by atoms with van der Waals surface area (Å²) in [5.74, 6) is -17.9. The summed E-state index contributed by atoms with van der Waals surface area (Å²) in [6.45, 7) is 0. The van der Waals surface area contributed by atoms with E-state index in [1.807, 2.05) is 0 Å². The van der Waals surface area contributed by atoms with Crippen molar-refractivity contribution >= 4 is 16.1 Å². The van der Waals surface area contributed by atoms with E-state index in [1.165, 1.54) is 4.74 Å². The molecule has 0 aromatic rings. The van der Waals surface area contributed by atoms with E-state index < -0.39 is 45.4 Å². The third-order valence-electron chi connectivity index (χ3n) is 1.95. The predicted molar refractivity (Wildman–Crippen MR) is 45.0 cm³/mol. The van der Waals surface area contributed by atoms with E-state index >= 15 is 0 Å². The maximum Gasteiger partial charge on any atom is 0.440 e. The lowest BCUT2D eigenvalue weighted by Gasteiger charge is -2.33. The first-order chi connectivity index (χ1) is 9.65. The van der Waals surface area contributed by atoms with E-state index in [9.17, 15) is 57.1 Å². The van der Waals surface area contributed by atoms with Gasteiger partial charge in [0.15, 0.2) is 0 Å². The summed E-state index contributed by atoms with van der Waals surface area (Å²) in [5, 5.41) is 0.485. The Morgan fingerprint density at radius 3 is 1.43 bits per heavy atom. The smallest absolute Gasteiger partial charge is 0.440 e. The van der Waals surface area contributed by atoms with Gasteiger partial charge in [0.05, 0.1) is 0 Å². The van der Waals surface area contributed by atoms with Crippen molar-refractivity contribution in [3.63, 3.8) is 0 Å². The minimum Gasteiger partial charge on any atom is -0.477 e. The summed E-state index contributed by atoms with van der Waals surface area (Å²) in [6, 6.07) is 0. The topological polar surface area (TPSA) is 101 Å². The van der Waals surface area contributed by atoms with E-state index in [0.29, 0.717) is 0 Å². The van der Waals surface area contributed by atoms with Crippen LogP contribution in [0.5, 0.6) is 0 Å². The molecule has 0 saturated heterocycles. The molecule has 0 unspecified atom stereocenters. The second-order valence-corrected chi connectivity index (χ2v) is 5.04. The van der Waals surface area contributed by atoms with Gasteiger partial charge < -0.3 is 5.11 Å². The molecule has 17 heteroatoms. The maximum atomic E-state index is 12.7. The number of carboxylic acids is 1. The fourth-order valence-electron chi connectivity index (χ4n) is 0.745. The molecule has 0 aromatic heterocycles. The molecule has 0 aliphatic rings. The molecule has 23 heavy (non-hydrogen) atoms. The molecule has 0 aliphatic heterocycles. The second kappa shape index (κ2) is 5.33. The van der Waals surface area contributed by atoms with Gasteiger partial charge in [0.1, 0.15) is 0 Å². The zero-order valence-corrected chi connectivity index (χ0v) is 10.5. The number of hydrogen-bond acceptors (Lipinski definition) is 4. The highest BCUT2D eigenvalue weighted by Gasteiger charge is 2.82. The molecule has 0 heterocycles. The molecular weight excluding hydrogens is 390 g/mol. The predicted octanol–water partition coefficient (Wildman–Crippen LogP) is 2.02. The van der Waals surface area contributed by atoms with Crippen molar-refractivity contribution in [1.29, 1.82) is 0 Å². The summed E-state index contributed by atoms with van der Waals surface area (Å²) in [6.07, 6.45) is -14.3. The molecule has 138 valence electrons. The van der Waals surface area contributed by atoms with Crippen LogP contribution < -0.4 is 0 Å². The van der Waals surface area contributed by atoms with Gasteiger partial charge in [-0.3, -0.25) is 4.55 Å². The monoisotopic (exact) mass is 392 g/mol. The van der Waals surface area contributed by atoms with Crippen molar-refractivity contribution in [3.05, 3.63) is 0 Å². The Kier molecular flexibility index (Phi) is 5.02. The van der Waals surface area contributed by atoms with E-state index in [-0.39, 0.29) is 0 Å². The molecule has 0 spiro atoms. The van der Waals surface area contributed by atoms with Crippen molar-refractivity contribution in [3.8, 4) is 0 Å². The number of carbonyl (C=O) groups is 1. The zero-order valence-electron chi connectivity index (χ0n) is 9.72. The summed E-state index contributed by atoms with van der Waals surface area (Å²) >= 11 is 0. The average Bonchev–Trinajstić information content (AvgIpc) is 2.24. The van der Waals surface area contributed by atoms with Gasteiger partial charge in [-0.2, -0.15) is 52.3 Å². The maximum absolute atomic E-state index is 12.7. The van der Waals surface area contributed by atoms with Crippen LogP contribution in [0.2, 0.25) is 0 Å². The first-order valence-electron chi connectivity index (χ1n) is 4.45. The minimum atomic E-state index is -7.49. The molecule has 0 rings (SSSR count). The lowest BCUT2D eigenvalue weighted by Crippen LogP contribution is -2.62. The van der Waals surface area contributed by atoms with Crippen molar-refractivity contribution in [2.75, 3.05) is 0 Å². The Balaban J connectivity index is 5.98. The number of aliphatic carboxylic acids is 1. The standard InChI is InChI=1S/C6H2F10O6S/c7-2(8,1(17)18)4(11,12)22-5(13,14)3(9,10)6(15,16)23(19,20)21/h(H,17,18)(H,19,20,21). The van der Waals surface area contributed by atoms with Crippen LogP contribution in [-0.4, -0.2) is 53.4 Å². The van der Waals surface area contributed by atoms with E-state index in [0.717, 1.165) is 0 Å². The fraction of sp³-hybridized carbons (Fsp3) is 0.833. The number of ether oxygens (including phenoxy) is 1. The molecule has 0 fully saturated rings. The van der Waals surface area contributed by atoms with Gasteiger partial charge in [0.25, 0.3) is 0 Å². The molecule has 0 amide bonds. The van der Waals surface area contributed by atoms with Gasteiger partial charge >= 0.3 is 45.4 Å². The fourth-order valence-corrected chi connectivity index (χ4v) is 1.19. The highest BCUT2D eigenvalue weighted by Crippen LogP contribution is 2.52. The van der Waals surface area contributed by atoms with Crippen molar-refractivity contribution in [1.82, 2.24) is 0 Å². The highest BCUT2D eigenvalue weighted by atomic mass is 32.2. The first-order valence-corrected chi connectivity index (χ1v) is 5.89. The van der Waals surface area contributed by atoms with Crippen LogP contribution in [0.25, 0.3) is 0 Å². The van der Waals surface area contributed by atoms with Gasteiger partial charge in [-0.05, 0) is 0 Å². The van der Waals surface area contributed by atoms with Gasteiger partial charge in [-0.1, -0.05) is 0 Å². The normalized spacial score (nSPS) is 15.6. The van der Waals surface area contributed by atoms with E-state index in [4.69, 9.17) is 9.66 Å². The van der Waals surface area contributed by atoms with Crippen molar-refractivity contribution in [2.45, 2.75) is 29.3 Å². The number of halogens is 10. The number of carboxylic acid groups (broad SMARTS) is 1. The van der Waals surface area contributed by atoms with E-state index in [2.05, 4.69) is 0 Å². The van der Waals surface area contributed by atoms with E-state index in [1.54, 1.807) is 0 Å². The Morgan fingerprint density at radius 1 is 0.826 bits per heavy atom. The summed E-state index contributed by atoms with van der Waals surface area (Å²) < 4.78 is 155. The number of rotatable bonds is 7. The molecule has 0 aliphatic carbocycles. The van der Waals surface area contributed by atoms with Crippen molar-refractivity contribution < 1.29 is 71.5 Å². The van der Waals surface area contributed by atoms with Crippen LogP contribution >= 0.6 is 0 Å². The van der Waals surface area contributed by atoms with Gasteiger partial charge in [0, 0.05) is 0 Å². The quantitative estimate of drug-likeness (QED) is 0.508. The Morgan fingerprint density at radius 2 is 1.17 bits per heavy atom. The zero-order chi connectivity index (χ0) is 19.3. The van der Waals surface area contributed by atoms with Crippen LogP contribution in [0.4, 0.5) is 43.9 Å². The molecule has 0 bridgehead atoms. The summed E-state index contributed by atoms with van der Waals surface area (Å²) in [7, 11) is -7.34. The molecule has 0 saturated carbocycles. The molecule has 2 N–H and O–H groups in total. The Labute approximate surface area is 118 Å². The first kappa shape index (κ1) is 21.6. The molecule has 0 radical (unpaired) electrons. The molecular formula is C6H2F10O6S. The van der Waals surface area contributed by atoms with Gasteiger partial charge in [0.2, 0.25) is 0 Å². The third-order valence-corrected chi connectivity index (χ3v) is 2.85. The molecule has 0 atom stereocenters. The Hall–Kier alpha value is -1.36. The minimum absolute atomic E-state index is 1.49. The summed E-state index contributed by atoms with van der Waals surface area (Å²) in [4.78, 5) is 9.73. The third kappa shape index (κ3) is 3.30. The largest absolute Gasteiger partial charge is 0.477 e. The SMILES string of the molecule is O=C(O)C(F)(F)C(F)(F)OC(F)(F)C(F)(F)C(F)(F)S(=O)(=O)O. The van der Waals surface area contributed by atoms with Crippen molar-refractivity contribution in [2.24, 2.45) is 0 Å². The van der Waals surface area contributed by atoms with Crippen LogP contribution in [0, 0.1) is 0 Å².